The number of benzene rings is 2. The van der Waals surface area contributed by atoms with Gasteiger partial charge in [-0.2, -0.15) is 8.42 Å². The molecule has 1 atom stereocenters. The second kappa shape index (κ2) is 5.83. The van der Waals surface area contributed by atoms with E-state index in [2.05, 4.69) is 10.3 Å². The molecule has 110 valence electrons. The van der Waals surface area contributed by atoms with Gasteiger partial charge in [-0.3, -0.25) is 0 Å². The quantitative estimate of drug-likeness (QED) is 0.867. The molecule has 0 aliphatic carbocycles. The Kier molecular flexibility index (Phi) is 4.29. The predicted molar refractivity (Wildman–Crippen MR) is 83.8 cm³/mol. The second-order valence-electron chi connectivity index (χ2n) is 4.41. The highest BCUT2D eigenvalue weighted by Crippen LogP contribution is 2.21. The molecule has 0 radical (unpaired) electrons. The zero-order valence-corrected chi connectivity index (χ0v) is 13.1. The smallest absolute Gasteiger partial charge is 0.239 e. The lowest BCUT2D eigenvalue weighted by Crippen LogP contribution is -2.04. The van der Waals surface area contributed by atoms with Crippen molar-refractivity contribution in [3.05, 3.63) is 72.1 Å². The van der Waals surface area contributed by atoms with Crippen LogP contribution < -0.4 is 0 Å². The van der Waals surface area contributed by atoms with E-state index in [1.807, 2.05) is 6.92 Å². The van der Waals surface area contributed by atoms with Gasteiger partial charge in [-0.05, 0) is 31.2 Å². The number of hydrogen-bond acceptors (Lipinski definition) is 3. The van der Waals surface area contributed by atoms with E-state index in [1.54, 1.807) is 42.5 Å². The Hall–Kier alpha value is -1.92. The van der Waals surface area contributed by atoms with Crippen molar-refractivity contribution in [1.82, 2.24) is 0 Å². The Morgan fingerprint density at radius 3 is 2.00 bits per heavy atom. The summed E-state index contributed by atoms with van der Waals surface area (Å²) in [5.74, 6) is 0. The monoisotopic (exact) mass is 321 g/mol. The molecular weight excluding hydrogens is 306 g/mol. The fraction of sp³-hybridized carbons (Fsp3) is 0.0667. The molecule has 0 spiro atoms. The normalized spacial score (nSPS) is 14.1. The van der Waals surface area contributed by atoms with Crippen molar-refractivity contribution in [2.24, 2.45) is 3.77 Å². The number of sulfonamides is 1. The first-order valence-electron chi connectivity index (χ1n) is 6.15. The number of aryl methyl sites for hydroxylation is 1. The molecule has 0 N–H and O–H groups in total. The van der Waals surface area contributed by atoms with Crippen LogP contribution in [0.25, 0.3) is 0 Å². The van der Waals surface area contributed by atoms with Crippen LogP contribution in [0.1, 0.15) is 5.56 Å². The lowest BCUT2D eigenvalue weighted by Gasteiger charge is -2.06. The molecule has 2 aromatic rings. The molecule has 1 unspecified atom stereocenters. The molecule has 4 nitrogen and oxygen atoms in total. The minimum atomic E-state index is -4.02. The van der Waals surface area contributed by atoms with Gasteiger partial charge in [0.2, 0.25) is 0 Å². The molecule has 0 amide bonds. The molecule has 21 heavy (non-hydrogen) atoms. The molecule has 2 rings (SSSR count). The van der Waals surface area contributed by atoms with Crippen LogP contribution in [0, 0.1) is 6.92 Å². The molecule has 0 bridgehead atoms. The summed E-state index contributed by atoms with van der Waals surface area (Å²) in [6, 6.07) is 14.5. The van der Waals surface area contributed by atoms with E-state index in [0.29, 0.717) is 4.90 Å². The summed E-state index contributed by atoms with van der Waals surface area (Å²) in [5, 5.41) is 1.08. The predicted octanol–water partition coefficient (Wildman–Crippen LogP) is 3.35. The maximum Gasteiger partial charge on any atom is 0.290 e. The summed E-state index contributed by atoms with van der Waals surface area (Å²) in [6.07, 6.45) is 0. The average molecular weight is 321 g/mol. The van der Waals surface area contributed by atoms with Crippen molar-refractivity contribution >= 4 is 19.8 Å². The van der Waals surface area contributed by atoms with Crippen molar-refractivity contribution in [2.75, 3.05) is 0 Å². The molecule has 6 heteroatoms. The third-order valence-corrected chi connectivity index (χ3v) is 6.77. The van der Waals surface area contributed by atoms with Crippen molar-refractivity contribution < 1.29 is 12.6 Å². The van der Waals surface area contributed by atoms with Crippen molar-refractivity contribution in [1.29, 1.82) is 0 Å². The number of nitrogens with zero attached hydrogens (tertiary/aromatic N) is 1. The van der Waals surface area contributed by atoms with Gasteiger partial charge >= 0.3 is 0 Å². The van der Waals surface area contributed by atoms with Crippen LogP contribution in [-0.4, -0.2) is 12.6 Å². The molecule has 0 aliphatic heterocycles. The Balaban J connectivity index is 2.61. The van der Waals surface area contributed by atoms with Gasteiger partial charge in [0.25, 0.3) is 10.0 Å². The van der Waals surface area contributed by atoms with Gasteiger partial charge in [0.1, 0.15) is 9.73 Å². The van der Waals surface area contributed by atoms with E-state index in [1.165, 1.54) is 12.1 Å². The molecular formula is C15H15NO3S2. The zero-order chi connectivity index (χ0) is 15.5. The summed E-state index contributed by atoms with van der Waals surface area (Å²) in [5.41, 5.74) is 0.932. The summed E-state index contributed by atoms with van der Waals surface area (Å²) in [6.45, 7) is 5.32. The number of rotatable bonds is 4. The lowest BCUT2D eigenvalue weighted by molar-refractivity contribution is 0.598. The van der Waals surface area contributed by atoms with Gasteiger partial charge in [0, 0.05) is 5.41 Å². The SMILES string of the molecule is C=CS(=O)(=NS(=O)(=O)c1ccc(C)cc1)c1ccccc1. The standard InChI is InChI=1S/C15H15NO3S2/c1-3-20(17,14-7-5-4-6-8-14)16-21(18,19)15-11-9-13(2)10-12-15/h3-12H,1H2,2H3. The van der Waals surface area contributed by atoms with E-state index >= 15 is 0 Å². The molecule has 0 saturated carbocycles. The third-order valence-electron chi connectivity index (χ3n) is 2.83. The van der Waals surface area contributed by atoms with Crippen molar-refractivity contribution in [3.63, 3.8) is 0 Å². The lowest BCUT2D eigenvalue weighted by atomic mass is 10.2. The van der Waals surface area contributed by atoms with Crippen LogP contribution in [0.3, 0.4) is 0 Å². The van der Waals surface area contributed by atoms with Gasteiger partial charge in [0.05, 0.1) is 9.79 Å². The topological polar surface area (TPSA) is 63.6 Å². The maximum atomic E-state index is 12.7. The highest BCUT2D eigenvalue weighted by Gasteiger charge is 2.18. The van der Waals surface area contributed by atoms with Crippen LogP contribution in [-0.2, 0) is 19.8 Å². The fourth-order valence-electron chi connectivity index (χ4n) is 1.68. The van der Waals surface area contributed by atoms with Crippen LogP contribution in [0.2, 0.25) is 0 Å². The van der Waals surface area contributed by atoms with E-state index in [9.17, 15) is 12.6 Å². The summed E-state index contributed by atoms with van der Waals surface area (Å²) >= 11 is 0. The molecule has 0 fully saturated rings. The van der Waals surface area contributed by atoms with E-state index in [-0.39, 0.29) is 4.90 Å². The van der Waals surface area contributed by atoms with Gasteiger partial charge < -0.3 is 0 Å². The first-order valence-corrected chi connectivity index (χ1v) is 9.17. The number of hydrogen-bond donors (Lipinski definition) is 0. The minimum absolute atomic E-state index is 0.0126. The van der Waals surface area contributed by atoms with Crippen LogP contribution >= 0.6 is 0 Å². The highest BCUT2D eigenvalue weighted by molar-refractivity contribution is 8.05. The van der Waals surface area contributed by atoms with Gasteiger partial charge in [-0.25, -0.2) is 4.21 Å². The molecule has 0 saturated heterocycles. The van der Waals surface area contributed by atoms with Crippen molar-refractivity contribution in [3.8, 4) is 0 Å². The molecule has 2 aromatic carbocycles. The minimum Gasteiger partial charge on any atom is -0.239 e. The van der Waals surface area contributed by atoms with Crippen molar-refractivity contribution in [2.45, 2.75) is 16.7 Å². The highest BCUT2D eigenvalue weighted by atomic mass is 32.3. The molecule has 0 aliphatic rings. The van der Waals surface area contributed by atoms with Gasteiger partial charge in [-0.1, -0.05) is 46.2 Å². The molecule has 0 heterocycles. The van der Waals surface area contributed by atoms with Crippen LogP contribution in [0.15, 0.2) is 80.1 Å². The van der Waals surface area contributed by atoms with Gasteiger partial charge in [-0.15, -0.1) is 0 Å². The van der Waals surface area contributed by atoms with Crippen LogP contribution in [0.4, 0.5) is 0 Å². The Morgan fingerprint density at radius 2 is 1.48 bits per heavy atom. The Bertz CT molecular complexity index is 861. The molecule has 0 aromatic heterocycles. The average Bonchev–Trinajstić information content (AvgIpc) is 2.48. The maximum absolute atomic E-state index is 12.7. The second-order valence-corrected chi connectivity index (χ2v) is 8.37. The Labute approximate surface area is 125 Å². The Morgan fingerprint density at radius 1 is 0.905 bits per heavy atom. The van der Waals surface area contributed by atoms with E-state index in [0.717, 1.165) is 11.0 Å². The third kappa shape index (κ3) is 3.40. The first-order chi connectivity index (χ1) is 9.87. The summed E-state index contributed by atoms with van der Waals surface area (Å²) < 4.78 is 41.0. The zero-order valence-electron chi connectivity index (χ0n) is 11.5. The largest absolute Gasteiger partial charge is 0.290 e. The summed E-state index contributed by atoms with van der Waals surface area (Å²) in [7, 11) is -7.24. The van der Waals surface area contributed by atoms with Crippen LogP contribution in [0.5, 0.6) is 0 Å². The fourth-order valence-corrected chi connectivity index (χ4v) is 5.00. The first kappa shape index (κ1) is 15.5. The van der Waals surface area contributed by atoms with E-state index < -0.39 is 19.8 Å². The van der Waals surface area contributed by atoms with Gasteiger partial charge in [0.15, 0.2) is 0 Å². The van der Waals surface area contributed by atoms with E-state index in [4.69, 9.17) is 0 Å². The summed E-state index contributed by atoms with van der Waals surface area (Å²) in [4.78, 5) is 0.328.